The lowest BCUT2D eigenvalue weighted by atomic mass is 10.00. The smallest absolute Gasteiger partial charge is 0.338 e. The molecule has 0 radical (unpaired) electrons. The molecule has 0 spiro atoms. The third kappa shape index (κ3) is 6.03. The third-order valence-corrected chi connectivity index (χ3v) is 6.73. The number of thioether (sulfide) groups is 1. The topological polar surface area (TPSA) is 65.0 Å². The van der Waals surface area contributed by atoms with Gasteiger partial charge in [0.25, 0.3) is 0 Å². The van der Waals surface area contributed by atoms with Gasteiger partial charge in [0, 0.05) is 4.90 Å². The fraction of sp³-hybridized carbons (Fsp3) is 0.296. The van der Waals surface area contributed by atoms with Crippen LogP contribution < -0.4 is 0 Å². The summed E-state index contributed by atoms with van der Waals surface area (Å²) in [6.07, 6.45) is -2.99. The Morgan fingerprint density at radius 3 is 2.24 bits per heavy atom. The summed E-state index contributed by atoms with van der Waals surface area (Å²) in [6.45, 7) is 4.12. The quantitative estimate of drug-likeness (QED) is 0.496. The van der Waals surface area contributed by atoms with Gasteiger partial charge < -0.3 is 19.3 Å². The van der Waals surface area contributed by atoms with Crippen LogP contribution in [0.15, 0.2) is 89.8 Å². The van der Waals surface area contributed by atoms with Crippen LogP contribution in [0.25, 0.3) is 0 Å². The summed E-state index contributed by atoms with van der Waals surface area (Å²) in [7, 11) is 0. The van der Waals surface area contributed by atoms with Gasteiger partial charge in [0.1, 0.15) is 17.6 Å². The summed E-state index contributed by atoms with van der Waals surface area (Å²) in [5.74, 6) is -0.478. The normalized spacial score (nSPS) is 24.9. The summed E-state index contributed by atoms with van der Waals surface area (Å²) in [5.41, 5.74) is 2.02. The number of aliphatic hydroxyl groups is 1. The molecule has 1 N–H and O–H groups in total. The lowest BCUT2D eigenvalue weighted by Crippen LogP contribution is -2.58. The number of rotatable bonds is 7. The fourth-order valence-electron chi connectivity index (χ4n) is 3.68. The van der Waals surface area contributed by atoms with E-state index in [1.807, 2.05) is 74.5 Å². The monoisotopic (exact) mass is 464 g/mol. The largest absolute Gasteiger partial charge is 0.452 e. The number of aryl methyl sites for hydroxylation is 1. The van der Waals surface area contributed by atoms with Gasteiger partial charge in [0.15, 0.2) is 6.10 Å². The van der Waals surface area contributed by atoms with Gasteiger partial charge in [0.2, 0.25) is 0 Å². The molecule has 0 aromatic heterocycles. The van der Waals surface area contributed by atoms with Crippen molar-refractivity contribution in [1.82, 2.24) is 0 Å². The number of carbonyl (C=O) groups excluding carboxylic acids is 1. The van der Waals surface area contributed by atoms with E-state index >= 15 is 0 Å². The van der Waals surface area contributed by atoms with Crippen molar-refractivity contribution in [1.29, 1.82) is 0 Å². The van der Waals surface area contributed by atoms with Gasteiger partial charge in [-0.1, -0.05) is 78.0 Å². The molecule has 1 aliphatic heterocycles. The van der Waals surface area contributed by atoms with Gasteiger partial charge in [-0.2, -0.15) is 0 Å². The molecule has 0 saturated carbocycles. The van der Waals surface area contributed by atoms with Gasteiger partial charge >= 0.3 is 5.97 Å². The van der Waals surface area contributed by atoms with Crippen molar-refractivity contribution >= 4 is 17.7 Å². The van der Waals surface area contributed by atoms with Crippen LogP contribution in [0.1, 0.15) is 28.4 Å². The van der Waals surface area contributed by atoms with E-state index in [9.17, 15) is 9.90 Å². The highest BCUT2D eigenvalue weighted by Crippen LogP contribution is 2.36. The van der Waals surface area contributed by atoms with Crippen LogP contribution in [-0.2, 0) is 20.8 Å². The van der Waals surface area contributed by atoms with Gasteiger partial charge in [-0.25, -0.2) is 4.79 Å². The molecule has 33 heavy (non-hydrogen) atoms. The van der Waals surface area contributed by atoms with E-state index in [4.69, 9.17) is 14.2 Å². The highest BCUT2D eigenvalue weighted by molar-refractivity contribution is 7.99. The van der Waals surface area contributed by atoms with Crippen LogP contribution in [-0.4, -0.2) is 40.9 Å². The van der Waals surface area contributed by atoms with Crippen molar-refractivity contribution in [2.75, 3.05) is 0 Å². The van der Waals surface area contributed by atoms with Crippen LogP contribution >= 0.6 is 11.8 Å². The van der Waals surface area contributed by atoms with Gasteiger partial charge in [0.05, 0.1) is 18.3 Å². The molecule has 3 aromatic carbocycles. The Hall–Kier alpha value is -2.64. The third-order valence-electron chi connectivity index (χ3n) is 5.57. The number of hydrogen-bond acceptors (Lipinski definition) is 6. The summed E-state index contributed by atoms with van der Waals surface area (Å²) in [5, 5.41) is 10.9. The van der Waals surface area contributed by atoms with Crippen molar-refractivity contribution in [3.8, 4) is 0 Å². The van der Waals surface area contributed by atoms with Gasteiger partial charge in [-0.15, -0.1) is 0 Å². The molecular weight excluding hydrogens is 436 g/mol. The maximum Gasteiger partial charge on any atom is 0.338 e. The molecule has 5 nitrogen and oxygen atoms in total. The number of benzene rings is 3. The number of hydrogen-bond donors (Lipinski definition) is 1. The summed E-state index contributed by atoms with van der Waals surface area (Å²) in [6, 6.07) is 26.6. The van der Waals surface area contributed by atoms with E-state index in [0.717, 1.165) is 16.0 Å². The Kier molecular flexibility index (Phi) is 7.83. The molecule has 5 atom stereocenters. The van der Waals surface area contributed by atoms with E-state index in [1.165, 1.54) is 11.8 Å². The zero-order valence-corrected chi connectivity index (χ0v) is 19.5. The van der Waals surface area contributed by atoms with Crippen molar-refractivity contribution in [2.24, 2.45) is 0 Å². The van der Waals surface area contributed by atoms with Crippen molar-refractivity contribution in [3.63, 3.8) is 0 Å². The second kappa shape index (κ2) is 11.0. The van der Waals surface area contributed by atoms with Crippen LogP contribution in [0.3, 0.4) is 0 Å². The Morgan fingerprint density at radius 1 is 0.939 bits per heavy atom. The second-order valence-corrected chi connectivity index (χ2v) is 9.30. The van der Waals surface area contributed by atoms with Gasteiger partial charge in [-0.3, -0.25) is 0 Å². The zero-order chi connectivity index (χ0) is 23.2. The van der Waals surface area contributed by atoms with Crippen LogP contribution in [0, 0.1) is 6.92 Å². The van der Waals surface area contributed by atoms with Crippen LogP contribution in [0.5, 0.6) is 0 Å². The molecule has 0 aliphatic carbocycles. The van der Waals surface area contributed by atoms with E-state index < -0.39 is 35.8 Å². The summed E-state index contributed by atoms with van der Waals surface area (Å²) >= 11 is 1.46. The molecule has 1 saturated heterocycles. The van der Waals surface area contributed by atoms with E-state index in [2.05, 4.69) is 0 Å². The SMILES string of the molecule is Cc1ccc(S[C@@H]2O[C@@H](C)[C@H](O)[C@@H](OCc3ccccc3)[C@H]2OC(=O)c2ccccc2)cc1. The first-order chi connectivity index (χ1) is 16.0. The predicted molar refractivity (Wildman–Crippen MR) is 128 cm³/mol. The van der Waals surface area contributed by atoms with E-state index in [-0.39, 0.29) is 6.61 Å². The summed E-state index contributed by atoms with van der Waals surface area (Å²) < 4.78 is 18.2. The fourth-order valence-corrected chi connectivity index (χ4v) is 4.82. The van der Waals surface area contributed by atoms with E-state index in [1.54, 1.807) is 24.3 Å². The number of esters is 1. The van der Waals surface area contributed by atoms with Gasteiger partial charge in [-0.05, 0) is 43.7 Å². The maximum atomic E-state index is 12.9. The standard InChI is InChI=1S/C27H28O5S/c1-18-13-15-22(16-14-18)33-27-25(32-26(29)21-11-7-4-8-12-21)24(23(28)19(2)31-27)30-17-20-9-5-3-6-10-20/h3-16,19,23-25,27-28H,17H2,1-2H3/t19-,23-,24+,25+,27-/m0/s1. The predicted octanol–water partition coefficient (Wildman–Crippen LogP) is 5.00. The van der Waals surface area contributed by atoms with Crippen molar-refractivity contribution < 1.29 is 24.1 Å². The minimum absolute atomic E-state index is 0.288. The minimum atomic E-state index is -0.947. The zero-order valence-electron chi connectivity index (χ0n) is 18.7. The minimum Gasteiger partial charge on any atom is -0.452 e. The molecule has 1 aliphatic rings. The summed E-state index contributed by atoms with van der Waals surface area (Å²) in [4.78, 5) is 13.9. The number of aliphatic hydroxyl groups excluding tert-OH is 1. The number of carbonyl (C=O) groups is 1. The molecule has 4 rings (SSSR count). The first-order valence-electron chi connectivity index (χ1n) is 11.0. The molecule has 172 valence electrons. The molecule has 0 bridgehead atoms. The average molecular weight is 465 g/mol. The molecule has 0 unspecified atom stereocenters. The maximum absolute atomic E-state index is 12.9. The number of ether oxygens (including phenoxy) is 3. The average Bonchev–Trinajstić information content (AvgIpc) is 2.84. The Balaban J connectivity index is 1.59. The Bertz CT molecular complexity index is 1030. The first-order valence-corrected chi connectivity index (χ1v) is 11.9. The Labute approximate surface area is 198 Å². The second-order valence-electron chi connectivity index (χ2n) is 8.13. The van der Waals surface area contributed by atoms with Crippen LogP contribution in [0.4, 0.5) is 0 Å². The molecule has 1 heterocycles. The lowest BCUT2D eigenvalue weighted by molar-refractivity contribution is -0.212. The highest BCUT2D eigenvalue weighted by Gasteiger charge is 2.47. The van der Waals surface area contributed by atoms with Crippen molar-refractivity contribution in [2.45, 2.75) is 55.2 Å². The van der Waals surface area contributed by atoms with Crippen molar-refractivity contribution in [3.05, 3.63) is 102 Å². The Morgan fingerprint density at radius 2 is 1.58 bits per heavy atom. The first kappa shape index (κ1) is 23.5. The molecule has 6 heteroatoms. The lowest BCUT2D eigenvalue weighted by Gasteiger charge is -2.42. The van der Waals surface area contributed by atoms with Crippen LogP contribution in [0.2, 0.25) is 0 Å². The highest BCUT2D eigenvalue weighted by atomic mass is 32.2. The molecule has 3 aromatic rings. The van der Waals surface area contributed by atoms with E-state index in [0.29, 0.717) is 5.56 Å². The molecule has 0 amide bonds. The molecule has 1 fully saturated rings. The molecular formula is C27H28O5S.